The van der Waals surface area contributed by atoms with Gasteiger partial charge in [0.2, 0.25) is 0 Å². The quantitative estimate of drug-likeness (QED) is 0.627. The summed E-state index contributed by atoms with van der Waals surface area (Å²) in [5, 5.41) is 15.5. The van der Waals surface area contributed by atoms with Crippen molar-refractivity contribution in [2.45, 2.75) is 26.7 Å². The third-order valence-corrected chi connectivity index (χ3v) is 4.51. The molecule has 1 aromatic carbocycles. The number of carbonyl (C=O) groups excluding carboxylic acids is 1. The fourth-order valence-electron chi connectivity index (χ4n) is 3.21. The molecule has 0 N–H and O–H groups in total. The molecule has 0 bridgehead atoms. The van der Waals surface area contributed by atoms with Gasteiger partial charge in [0.25, 0.3) is 11.6 Å². The summed E-state index contributed by atoms with van der Waals surface area (Å²) >= 11 is 0. The molecular weight excluding hydrogens is 324 g/mol. The summed E-state index contributed by atoms with van der Waals surface area (Å²) in [7, 11) is 1.82. The standard InChI is InChI=1S/C17H20N4O4/c1-11-17(12(2)19(3)18-11)25-10-16(22)20-9-5-6-13-14(20)7-4-8-15(13)21(23)24/h4,7-8H,5-6,9-10H2,1-3H3. The maximum atomic E-state index is 12.6. The van der Waals surface area contributed by atoms with Gasteiger partial charge in [0.15, 0.2) is 12.4 Å². The van der Waals surface area contributed by atoms with Crippen molar-refractivity contribution >= 4 is 17.3 Å². The number of nitrogens with zero attached hydrogens (tertiary/aromatic N) is 4. The van der Waals surface area contributed by atoms with E-state index in [1.165, 1.54) is 6.07 Å². The van der Waals surface area contributed by atoms with Crippen molar-refractivity contribution in [2.24, 2.45) is 7.05 Å². The van der Waals surface area contributed by atoms with Gasteiger partial charge in [0.05, 0.1) is 21.9 Å². The number of aromatic nitrogens is 2. The van der Waals surface area contributed by atoms with Crippen molar-refractivity contribution in [1.82, 2.24) is 9.78 Å². The van der Waals surface area contributed by atoms with Crippen LogP contribution in [0.25, 0.3) is 0 Å². The second-order valence-electron chi connectivity index (χ2n) is 6.09. The Morgan fingerprint density at radius 3 is 2.80 bits per heavy atom. The fraction of sp³-hybridized carbons (Fsp3) is 0.412. The van der Waals surface area contributed by atoms with Crippen molar-refractivity contribution in [3.63, 3.8) is 0 Å². The van der Waals surface area contributed by atoms with E-state index in [0.717, 1.165) is 11.4 Å². The highest BCUT2D eigenvalue weighted by Gasteiger charge is 2.28. The van der Waals surface area contributed by atoms with E-state index in [-0.39, 0.29) is 18.2 Å². The molecule has 1 amide bonds. The number of ether oxygens (including phenoxy) is 1. The Morgan fingerprint density at radius 2 is 2.16 bits per heavy atom. The highest BCUT2D eigenvalue weighted by atomic mass is 16.6. The average molecular weight is 344 g/mol. The number of rotatable bonds is 4. The van der Waals surface area contributed by atoms with E-state index >= 15 is 0 Å². The first-order valence-corrected chi connectivity index (χ1v) is 8.09. The van der Waals surface area contributed by atoms with Gasteiger partial charge in [-0.3, -0.25) is 19.6 Å². The van der Waals surface area contributed by atoms with Gasteiger partial charge in [-0.1, -0.05) is 6.07 Å². The maximum Gasteiger partial charge on any atom is 0.274 e. The number of carbonyl (C=O) groups is 1. The molecule has 1 aliphatic heterocycles. The van der Waals surface area contributed by atoms with E-state index in [9.17, 15) is 14.9 Å². The Bertz CT molecular complexity index is 843. The average Bonchev–Trinajstić information content (AvgIpc) is 2.83. The number of hydrogen-bond acceptors (Lipinski definition) is 5. The summed E-state index contributed by atoms with van der Waals surface area (Å²) in [4.78, 5) is 25.0. The number of fused-ring (bicyclic) bond motifs is 1. The van der Waals surface area contributed by atoms with Crippen molar-refractivity contribution < 1.29 is 14.5 Å². The topological polar surface area (TPSA) is 90.5 Å². The first kappa shape index (κ1) is 16.9. The molecule has 0 saturated carbocycles. The predicted octanol–water partition coefficient (Wildman–Crippen LogP) is 2.30. The summed E-state index contributed by atoms with van der Waals surface area (Å²) in [5.74, 6) is 0.385. The molecule has 0 fully saturated rings. The second-order valence-corrected chi connectivity index (χ2v) is 6.09. The normalized spacial score (nSPS) is 13.5. The zero-order valence-electron chi connectivity index (χ0n) is 14.5. The van der Waals surface area contributed by atoms with Crippen LogP contribution in [0.15, 0.2) is 18.2 Å². The molecule has 25 heavy (non-hydrogen) atoms. The molecule has 8 heteroatoms. The minimum Gasteiger partial charge on any atom is -0.480 e. The van der Waals surface area contributed by atoms with Crippen molar-refractivity contribution in [1.29, 1.82) is 0 Å². The Kier molecular flexibility index (Phi) is 4.43. The van der Waals surface area contributed by atoms with Gasteiger partial charge in [-0.2, -0.15) is 5.10 Å². The van der Waals surface area contributed by atoms with Gasteiger partial charge >= 0.3 is 0 Å². The van der Waals surface area contributed by atoms with Crippen molar-refractivity contribution in [3.8, 4) is 5.75 Å². The molecule has 0 unspecified atom stereocenters. The van der Waals surface area contributed by atoms with E-state index in [1.54, 1.807) is 21.7 Å². The molecule has 132 valence electrons. The van der Waals surface area contributed by atoms with E-state index in [0.29, 0.717) is 36.4 Å². The molecular formula is C17H20N4O4. The molecule has 0 atom stereocenters. The van der Waals surface area contributed by atoms with Gasteiger partial charge in [0, 0.05) is 19.7 Å². The van der Waals surface area contributed by atoms with Crippen LogP contribution in [0.4, 0.5) is 11.4 Å². The number of nitro groups is 1. The molecule has 1 aromatic heterocycles. The molecule has 0 radical (unpaired) electrons. The van der Waals surface area contributed by atoms with Crippen LogP contribution >= 0.6 is 0 Å². The molecule has 0 spiro atoms. The molecule has 8 nitrogen and oxygen atoms in total. The monoisotopic (exact) mass is 344 g/mol. The lowest BCUT2D eigenvalue weighted by molar-refractivity contribution is -0.385. The Morgan fingerprint density at radius 1 is 1.40 bits per heavy atom. The molecule has 2 heterocycles. The minimum atomic E-state index is -0.397. The van der Waals surface area contributed by atoms with Crippen molar-refractivity contribution in [2.75, 3.05) is 18.1 Å². The SMILES string of the molecule is Cc1nn(C)c(C)c1OCC(=O)N1CCCc2c1cccc2[N+](=O)[O-]. The lowest BCUT2D eigenvalue weighted by atomic mass is 10.00. The summed E-state index contributed by atoms with van der Waals surface area (Å²) in [6, 6.07) is 4.84. The largest absolute Gasteiger partial charge is 0.480 e. The summed E-state index contributed by atoms with van der Waals surface area (Å²) in [6.45, 7) is 4.10. The molecule has 1 aliphatic rings. The van der Waals surface area contributed by atoms with E-state index < -0.39 is 4.92 Å². The van der Waals surface area contributed by atoms with Gasteiger partial charge < -0.3 is 9.64 Å². The number of nitro benzene ring substituents is 1. The van der Waals surface area contributed by atoms with Gasteiger partial charge in [-0.05, 0) is 32.8 Å². The van der Waals surface area contributed by atoms with Gasteiger partial charge in [-0.15, -0.1) is 0 Å². The number of benzene rings is 1. The zero-order valence-corrected chi connectivity index (χ0v) is 14.5. The number of aryl methyl sites for hydroxylation is 2. The maximum absolute atomic E-state index is 12.6. The van der Waals surface area contributed by atoms with E-state index in [2.05, 4.69) is 5.10 Å². The van der Waals surface area contributed by atoms with Crippen LogP contribution in [-0.2, 0) is 18.3 Å². The second kappa shape index (κ2) is 6.54. The van der Waals surface area contributed by atoms with Crippen LogP contribution < -0.4 is 9.64 Å². The van der Waals surface area contributed by atoms with Crippen LogP contribution in [0.5, 0.6) is 5.75 Å². The highest BCUT2D eigenvalue weighted by Crippen LogP contribution is 2.34. The molecule has 0 saturated heterocycles. The highest BCUT2D eigenvalue weighted by molar-refractivity contribution is 5.96. The summed E-state index contributed by atoms with van der Waals surface area (Å²) in [6.07, 6.45) is 1.28. The van der Waals surface area contributed by atoms with Crippen LogP contribution in [0, 0.1) is 24.0 Å². The number of hydrogen-bond donors (Lipinski definition) is 0. The van der Waals surface area contributed by atoms with Crippen LogP contribution in [0.3, 0.4) is 0 Å². The number of anilines is 1. The molecule has 3 rings (SSSR count). The van der Waals surface area contributed by atoms with Gasteiger partial charge in [-0.25, -0.2) is 0 Å². The fourth-order valence-corrected chi connectivity index (χ4v) is 3.21. The van der Waals surface area contributed by atoms with Crippen molar-refractivity contribution in [3.05, 3.63) is 45.3 Å². The Hall–Kier alpha value is -2.90. The third-order valence-electron chi connectivity index (χ3n) is 4.51. The van der Waals surface area contributed by atoms with E-state index in [4.69, 9.17) is 4.74 Å². The summed E-state index contributed by atoms with van der Waals surface area (Å²) in [5.41, 5.74) is 2.85. The lowest BCUT2D eigenvalue weighted by Crippen LogP contribution is -2.38. The first-order chi connectivity index (χ1) is 11.9. The molecule has 0 aliphatic carbocycles. The van der Waals surface area contributed by atoms with Gasteiger partial charge in [0.1, 0.15) is 5.69 Å². The number of amides is 1. The smallest absolute Gasteiger partial charge is 0.274 e. The molecule has 2 aromatic rings. The lowest BCUT2D eigenvalue weighted by Gasteiger charge is -2.29. The Balaban J connectivity index is 1.81. The first-order valence-electron chi connectivity index (χ1n) is 8.09. The third kappa shape index (κ3) is 3.07. The minimum absolute atomic E-state index is 0.0647. The van der Waals surface area contributed by atoms with Crippen LogP contribution in [-0.4, -0.2) is 33.8 Å². The summed E-state index contributed by atoms with van der Waals surface area (Å²) < 4.78 is 7.39. The predicted molar refractivity (Wildman–Crippen MR) is 91.9 cm³/mol. The zero-order chi connectivity index (χ0) is 18.1. The van der Waals surface area contributed by atoms with E-state index in [1.807, 2.05) is 20.9 Å². The Labute approximate surface area is 145 Å². The van der Waals surface area contributed by atoms with Crippen LogP contribution in [0.2, 0.25) is 0 Å². The van der Waals surface area contributed by atoms with Crippen LogP contribution in [0.1, 0.15) is 23.4 Å².